The zero-order valence-corrected chi connectivity index (χ0v) is 11.5. The van der Waals surface area contributed by atoms with Gasteiger partial charge in [-0.15, -0.1) is 0 Å². The van der Waals surface area contributed by atoms with E-state index in [0.29, 0.717) is 11.3 Å². The van der Waals surface area contributed by atoms with Crippen molar-refractivity contribution in [1.29, 1.82) is 5.26 Å². The van der Waals surface area contributed by atoms with E-state index < -0.39 is 10.0 Å². The summed E-state index contributed by atoms with van der Waals surface area (Å²) in [5.41, 5.74) is 6.51. The Morgan fingerprint density at radius 1 is 1.35 bits per heavy atom. The van der Waals surface area contributed by atoms with Crippen LogP contribution in [0.25, 0.3) is 0 Å². The normalized spacial score (nSPS) is 10.8. The number of pyridine rings is 1. The molecule has 20 heavy (non-hydrogen) atoms. The average Bonchev–Trinajstić information content (AvgIpc) is 2.46. The summed E-state index contributed by atoms with van der Waals surface area (Å²) in [6.07, 6.45) is 3.00. The number of hydrogen-bond donors (Lipinski definition) is 1. The van der Waals surface area contributed by atoms with Crippen LogP contribution in [0.3, 0.4) is 0 Å². The van der Waals surface area contributed by atoms with Gasteiger partial charge in [0.1, 0.15) is 4.90 Å². The molecule has 102 valence electrons. The largest absolute Gasteiger partial charge is 0.398 e. The first-order valence-electron chi connectivity index (χ1n) is 5.65. The summed E-state index contributed by atoms with van der Waals surface area (Å²) >= 11 is 0. The molecule has 0 radical (unpaired) electrons. The number of nitriles is 1. The van der Waals surface area contributed by atoms with Crippen LogP contribution in [0.5, 0.6) is 0 Å². The predicted molar refractivity (Wildman–Crippen MR) is 75.4 cm³/mol. The van der Waals surface area contributed by atoms with Gasteiger partial charge in [-0.3, -0.25) is 9.29 Å². The van der Waals surface area contributed by atoms with Gasteiger partial charge in [-0.05, 0) is 30.3 Å². The fourth-order valence-electron chi connectivity index (χ4n) is 1.68. The van der Waals surface area contributed by atoms with Crippen molar-refractivity contribution in [2.45, 2.75) is 4.90 Å². The van der Waals surface area contributed by atoms with Crippen LogP contribution in [0.2, 0.25) is 0 Å². The molecule has 1 aromatic carbocycles. The molecule has 1 heterocycles. The van der Waals surface area contributed by atoms with Crippen LogP contribution >= 0.6 is 0 Å². The molecule has 0 bridgehead atoms. The summed E-state index contributed by atoms with van der Waals surface area (Å²) in [5.74, 6) is 0. The Balaban J connectivity index is 2.49. The van der Waals surface area contributed by atoms with Crippen LogP contribution in [-0.4, -0.2) is 20.4 Å². The molecule has 1 aromatic heterocycles. The second-order valence-corrected chi connectivity index (χ2v) is 5.99. The lowest BCUT2D eigenvalue weighted by Crippen LogP contribution is -2.27. The van der Waals surface area contributed by atoms with Gasteiger partial charge < -0.3 is 5.73 Å². The van der Waals surface area contributed by atoms with E-state index in [4.69, 9.17) is 11.0 Å². The molecule has 0 fully saturated rings. The molecule has 0 saturated heterocycles. The van der Waals surface area contributed by atoms with Crippen LogP contribution < -0.4 is 10.0 Å². The quantitative estimate of drug-likeness (QED) is 0.859. The summed E-state index contributed by atoms with van der Waals surface area (Å²) in [4.78, 5) is 3.84. The van der Waals surface area contributed by atoms with Gasteiger partial charge in [0.05, 0.1) is 29.2 Å². The van der Waals surface area contributed by atoms with E-state index in [-0.39, 0.29) is 10.6 Å². The molecule has 7 heteroatoms. The molecule has 2 N–H and O–H groups in total. The monoisotopic (exact) mass is 288 g/mol. The topological polar surface area (TPSA) is 100 Å². The van der Waals surface area contributed by atoms with E-state index in [2.05, 4.69) is 4.98 Å². The number of rotatable bonds is 3. The Morgan fingerprint density at radius 3 is 2.65 bits per heavy atom. The van der Waals surface area contributed by atoms with Crippen LogP contribution in [0.1, 0.15) is 5.56 Å². The Kier molecular flexibility index (Phi) is 3.59. The minimum Gasteiger partial charge on any atom is -0.398 e. The van der Waals surface area contributed by atoms with Crippen LogP contribution in [0.15, 0.2) is 47.6 Å². The number of nitrogens with two attached hydrogens (primary N) is 1. The zero-order valence-electron chi connectivity index (χ0n) is 10.7. The van der Waals surface area contributed by atoms with Gasteiger partial charge >= 0.3 is 0 Å². The maximum Gasteiger partial charge on any atom is 0.266 e. The van der Waals surface area contributed by atoms with E-state index in [1.807, 2.05) is 6.07 Å². The molecule has 0 saturated carbocycles. The highest BCUT2D eigenvalue weighted by Crippen LogP contribution is 2.25. The molecule has 0 aliphatic carbocycles. The standard InChI is InChI=1S/C13H12N4O2S/c1-17(11-3-2-6-16-9-11)20(18,19)13-5-4-10(8-14)7-12(13)15/h2-7,9H,15H2,1H3. The van der Waals surface area contributed by atoms with E-state index >= 15 is 0 Å². The Morgan fingerprint density at radius 2 is 2.10 bits per heavy atom. The van der Waals surface area contributed by atoms with E-state index in [1.165, 1.54) is 31.4 Å². The number of nitrogens with zero attached hydrogens (tertiary/aromatic N) is 3. The fourth-order valence-corrected chi connectivity index (χ4v) is 2.96. The van der Waals surface area contributed by atoms with Crippen molar-refractivity contribution in [3.05, 3.63) is 48.3 Å². The van der Waals surface area contributed by atoms with Gasteiger partial charge in [-0.1, -0.05) is 0 Å². The summed E-state index contributed by atoms with van der Waals surface area (Å²) < 4.78 is 26.1. The summed E-state index contributed by atoms with van der Waals surface area (Å²) in [7, 11) is -2.37. The van der Waals surface area contributed by atoms with Crippen molar-refractivity contribution in [3.63, 3.8) is 0 Å². The third-order valence-corrected chi connectivity index (χ3v) is 4.65. The van der Waals surface area contributed by atoms with E-state index in [0.717, 1.165) is 4.31 Å². The van der Waals surface area contributed by atoms with Gasteiger partial charge in [-0.25, -0.2) is 8.42 Å². The first-order valence-corrected chi connectivity index (χ1v) is 7.09. The minimum absolute atomic E-state index is 0.0390. The molecular weight excluding hydrogens is 276 g/mol. The summed E-state index contributed by atoms with van der Waals surface area (Å²) in [6.45, 7) is 0. The number of anilines is 2. The van der Waals surface area contributed by atoms with Crippen LogP contribution in [0.4, 0.5) is 11.4 Å². The molecule has 6 nitrogen and oxygen atoms in total. The SMILES string of the molecule is CN(c1cccnc1)S(=O)(=O)c1ccc(C#N)cc1N. The van der Waals surface area contributed by atoms with Crippen molar-refractivity contribution in [1.82, 2.24) is 4.98 Å². The fraction of sp³-hybridized carbons (Fsp3) is 0.0769. The molecule has 0 unspecified atom stereocenters. The Bertz CT molecular complexity index is 767. The number of aromatic nitrogens is 1. The molecule has 2 aromatic rings. The molecule has 2 rings (SSSR count). The van der Waals surface area contributed by atoms with Gasteiger partial charge in [0.25, 0.3) is 10.0 Å². The smallest absolute Gasteiger partial charge is 0.266 e. The second-order valence-electron chi connectivity index (χ2n) is 4.05. The first-order chi connectivity index (χ1) is 9.46. The first kappa shape index (κ1) is 13.8. The number of sulfonamides is 1. The lowest BCUT2D eigenvalue weighted by atomic mass is 10.2. The van der Waals surface area contributed by atoms with E-state index in [9.17, 15) is 8.42 Å². The third-order valence-electron chi connectivity index (χ3n) is 2.79. The van der Waals surface area contributed by atoms with Crippen molar-refractivity contribution >= 4 is 21.4 Å². The zero-order chi connectivity index (χ0) is 14.8. The van der Waals surface area contributed by atoms with Crippen molar-refractivity contribution in [2.75, 3.05) is 17.1 Å². The van der Waals surface area contributed by atoms with Crippen LogP contribution in [0, 0.1) is 11.3 Å². The molecule has 0 atom stereocenters. The third kappa shape index (κ3) is 2.41. The van der Waals surface area contributed by atoms with Gasteiger partial charge in [0, 0.05) is 13.2 Å². The second kappa shape index (κ2) is 5.19. The number of hydrogen-bond acceptors (Lipinski definition) is 5. The Hall–Kier alpha value is -2.59. The average molecular weight is 288 g/mol. The van der Waals surface area contributed by atoms with Crippen molar-refractivity contribution in [2.24, 2.45) is 0 Å². The highest BCUT2D eigenvalue weighted by molar-refractivity contribution is 7.93. The molecule has 0 aliphatic heterocycles. The Labute approximate surface area is 117 Å². The lowest BCUT2D eigenvalue weighted by Gasteiger charge is -2.20. The summed E-state index contributed by atoms with van der Waals surface area (Å²) in [5, 5.41) is 8.77. The number of benzene rings is 1. The van der Waals surface area contributed by atoms with Crippen LogP contribution in [-0.2, 0) is 10.0 Å². The number of nitrogen functional groups attached to an aromatic ring is 1. The lowest BCUT2D eigenvalue weighted by molar-refractivity contribution is 0.594. The maximum atomic E-state index is 12.5. The molecule has 0 spiro atoms. The predicted octanol–water partition coefficient (Wildman–Crippen LogP) is 1.36. The molecular formula is C13H12N4O2S. The minimum atomic E-state index is -3.79. The summed E-state index contributed by atoms with van der Waals surface area (Å²) in [6, 6.07) is 9.26. The van der Waals surface area contributed by atoms with Gasteiger partial charge in [0.15, 0.2) is 0 Å². The molecule has 0 amide bonds. The van der Waals surface area contributed by atoms with Crippen molar-refractivity contribution in [3.8, 4) is 6.07 Å². The molecule has 0 aliphatic rings. The van der Waals surface area contributed by atoms with Crippen molar-refractivity contribution < 1.29 is 8.42 Å². The van der Waals surface area contributed by atoms with Gasteiger partial charge in [-0.2, -0.15) is 5.26 Å². The van der Waals surface area contributed by atoms with E-state index in [1.54, 1.807) is 18.3 Å². The highest BCUT2D eigenvalue weighted by Gasteiger charge is 2.23. The maximum absolute atomic E-state index is 12.5. The highest BCUT2D eigenvalue weighted by atomic mass is 32.2. The van der Waals surface area contributed by atoms with Gasteiger partial charge in [0.2, 0.25) is 0 Å².